The molecule has 0 saturated heterocycles. The van der Waals surface area contributed by atoms with E-state index in [-0.39, 0.29) is 12.1 Å². The Morgan fingerprint density at radius 1 is 1.13 bits per heavy atom. The standard InChI is InChI=1S/C9H23N3O2S/c1-8(2)11(5)15(13,14)12(7-6-10)9(3)4/h8-9H,6-7,10H2,1-5H3. The van der Waals surface area contributed by atoms with Crippen LogP contribution in [-0.2, 0) is 10.2 Å². The smallest absolute Gasteiger partial charge is 0.282 e. The molecule has 0 aromatic carbocycles. The quantitative estimate of drug-likeness (QED) is 0.719. The zero-order chi connectivity index (χ0) is 12.2. The van der Waals surface area contributed by atoms with E-state index in [1.54, 1.807) is 7.05 Å². The molecule has 0 fully saturated rings. The molecule has 5 nitrogen and oxygen atoms in total. The molecule has 0 rings (SSSR count). The summed E-state index contributed by atoms with van der Waals surface area (Å²) in [6, 6.07) is -0.117. The van der Waals surface area contributed by atoms with Crippen LogP contribution in [0.5, 0.6) is 0 Å². The van der Waals surface area contributed by atoms with Crippen LogP contribution in [0.3, 0.4) is 0 Å². The molecular formula is C9H23N3O2S. The van der Waals surface area contributed by atoms with E-state index < -0.39 is 10.2 Å². The largest absolute Gasteiger partial charge is 0.329 e. The third kappa shape index (κ3) is 3.71. The maximum Gasteiger partial charge on any atom is 0.282 e. The van der Waals surface area contributed by atoms with Gasteiger partial charge in [-0.05, 0) is 27.7 Å². The van der Waals surface area contributed by atoms with Gasteiger partial charge in [0, 0.05) is 32.2 Å². The van der Waals surface area contributed by atoms with E-state index in [9.17, 15) is 8.42 Å². The lowest BCUT2D eigenvalue weighted by atomic mass is 10.4. The van der Waals surface area contributed by atoms with Gasteiger partial charge in [0.25, 0.3) is 10.2 Å². The number of hydrogen-bond donors (Lipinski definition) is 1. The van der Waals surface area contributed by atoms with E-state index in [1.807, 2.05) is 27.7 Å². The number of hydrogen-bond acceptors (Lipinski definition) is 3. The summed E-state index contributed by atoms with van der Waals surface area (Å²) >= 11 is 0. The van der Waals surface area contributed by atoms with Gasteiger partial charge in [-0.2, -0.15) is 17.0 Å². The molecule has 0 atom stereocenters. The number of rotatable bonds is 6. The molecule has 0 aromatic heterocycles. The molecule has 0 heterocycles. The third-order valence-electron chi connectivity index (χ3n) is 2.31. The summed E-state index contributed by atoms with van der Waals surface area (Å²) in [6.07, 6.45) is 0. The van der Waals surface area contributed by atoms with Crippen LogP contribution in [0.4, 0.5) is 0 Å². The topological polar surface area (TPSA) is 66.6 Å². The van der Waals surface area contributed by atoms with Gasteiger partial charge in [0.2, 0.25) is 0 Å². The van der Waals surface area contributed by atoms with Crippen molar-refractivity contribution in [1.82, 2.24) is 8.61 Å². The second kappa shape index (κ2) is 5.79. The second-order valence-electron chi connectivity index (χ2n) is 4.11. The summed E-state index contributed by atoms with van der Waals surface area (Å²) < 4.78 is 27.0. The summed E-state index contributed by atoms with van der Waals surface area (Å²) in [5.41, 5.74) is 5.42. The first-order chi connectivity index (χ1) is 6.75. The van der Waals surface area contributed by atoms with Gasteiger partial charge in [-0.25, -0.2) is 0 Å². The van der Waals surface area contributed by atoms with E-state index in [0.717, 1.165) is 0 Å². The van der Waals surface area contributed by atoms with Crippen LogP contribution in [0.2, 0.25) is 0 Å². The van der Waals surface area contributed by atoms with Crippen molar-refractivity contribution in [1.29, 1.82) is 0 Å². The zero-order valence-electron chi connectivity index (χ0n) is 10.3. The van der Waals surface area contributed by atoms with Gasteiger partial charge in [0.05, 0.1) is 0 Å². The number of nitrogens with two attached hydrogens (primary N) is 1. The van der Waals surface area contributed by atoms with Crippen molar-refractivity contribution in [3.8, 4) is 0 Å². The van der Waals surface area contributed by atoms with Crippen LogP contribution in [0, 0.1) is 0 Å². The molecular weight excluding hydrogens is 214 g/mol. The van der Waals surface area contributed by atoms with Crippen LogP contribution < -0.4 is 5.73 Å². The molecule has 0 aliphatic heterocycles. The molecule has 0 radical (unpaired) electrons. The summed E-state index contributed by atoms with van der Waals surface area (Å²) in [6.45, 7) is 8.08. The van der Waals surface area contributed by atoms with Gasteiger partial charge in [-0.15, -0.1) is 0 Å². The van der Waals surface area contributed by atoms with E-state index in [4.69, 9.17) is 5.73 Å². The predicted octanol–water partition coefficient (Wildman–Crippen LogP) is 0.241. The monoisotopic (exact) mass is 237 g/mol. The maximum absolute atomic E-state index is 12.1. The first kappa shape index (κ1) is 14.8. The van der Waals surface area contributed by atoms with Crippen LogP contribution in [-0.4, -0.2) is 49.2 Å². The van der Waals surface area contributed by atoms with Gasteiger partial charge >= 0.3 is 0 Å². The third-order valence-corrected chi connectivity index (χ3v) is 4.66. The fourth-order valence-corrected chi connectivity index (χ4v) is 2.93. The number of nitrogens with zero attached hydrogens (tertiary/aromatic N) is 2. The molecule has 0 spiro atoms. The second-order valence-corrected chi connectivity index (χ2v) is 6.05. The highest BCUT2D eigenvalue weighted by molar-refractivity contribution is 7.86. The minimum absolute atomic E-state index is 0.0472. The SMILES string of the molecule is CC(C)N(C)S(=O)(=O)N(CCN)C(C)C. The first-order valence-electron chi connectivity index (χ1n) is 5.20. The molecule has 15 heavy (non-hydrogen) atoms. The Bertz CT molecular complexity index is 275. The molecule has 2 N–H and O–H groups in total. The Hall–Kier alpha value is -0.170. The normalized spacial score (nSPS) is 13.5. The fourth-order valence-electron chi connectivity index (χ4n) is 1.20. The summed E-state index contributed by atoms with van der Waals surface area (Å²) in [5.74, 6) is 0. The van der Waals surface area contributed by atoms with Crippen LogP contribution in [0.25, 0.3) is 0 Å². The maximum atomic E-state index is 12.1. The molecule has 0 aliphatic carbocycles. The Labute approximate surface area is 93.4 Å². The molecule has 0 aliphatic rings. The summed E-state index contributed by atoms with van der Waals surface area (Å²) in [4.78, 5) is 0. The predicted molar refractivity (Wildman–Crippen MR) is 62.7 cm³/mol. The lowest BCUT2D eigenvalue weighted by Crippen LogP contribution is -2.49. The van der Waals surface area contributed by atoms with E-state index in [2.05, 4.69) is 0 Å². The van der Waals surface area contributed by atoms with Crippen molar-refractivity contribution < 1.29 is 8.42 Å². The fraction of sp³-hybridized carbons (Fsp3) is 1.00. The minimum atomic E-state index is -3.38. The Balaban J connectivity index is 4.95. The Morgan fingerprint density at radius 2 is 1.60 bits per heavy atom. The van der Waals surface area contributed by atoms with Crippen molar-refractivity contribution in [2.24, 2.45) is 5.73 Å². The van der Waals surface area contributed by atoms with E-state index in [1.165, 1.54) is 8.61 Å². The average molecular weight is 237 g/mol. The summed E-state index contributed by atoms with van der Waals surface area (Å²) in [7, 11) is -1.79. The lowest BCUT2D eigenvalue weighted by Gasteiger charge is -2.31. The van der Waals surface area contributed by atoms with Gasteiger partial charge in [0.15, 0.2) is 0 Å². The van der Waals surface area contributed by atoms with Crippen molar-refractivity contribution in [2.45, 2.75) is 39.8 Å². The Kier molecular flexibility index (Phi) is 5.72. The van der Waals surface area contributed by atoms with Gasteiger partial charge in [0.1, 0.15) is 0 Å². The minimum Gasteiger partial charge on any atom is -0.329 e. The van der Waals surface area contributed by atoms with Crippen LogP contribution >= 0.6 is 0 Å². The first-order valence-corrected chi connectivity index (χ1v) is 6.59. The molecule has 0 amide bonds. The van der Waals surface area contributed by atoms with Crippen molar-refractivity contribution >= 4 is 10.2 Å². The van der Waals surface area contributed by atoms with Crippen molar-refractivity contribution in [3.63, 3.8) is 0 Å². The van der Waals surface area contributed by atoms with Crippen LogP contribution in [0.1, 0.15) is 27.7 Å². The highest BCUT2D eigenvalue weighted by Crippen LogP contribution is 2.12. The van der Waals surface area contributed by atoms with E-state index in [0.29, 0.717) is 13.1 Å². The Morgan fingerprint density at radius 3 is 1.87 bits per heavy atom. The summed E-state index contributed by atoms with van der Waals surface area (Å²) in [5, 5.41) is 0. The van der Waals surface area contributed by atoms with Gasteiger partial charge in [-0.3, -0.25) is 0 Å². The highest BCUT2D eigenvalue weighted by atomic mass is 32.2. The zero-order valence-corrected chi connectivity index (χ0v) is 11.1. The molecule has 92 valence electrons. The molecule has 0 bridgehead atoms. The molecule has 0 saturated carbocycles. The van der Waals surface area contributed by atoms with Crippen molar-refractivity contribution in [3.05, 3.63) is 0 Å². The highest BCUT2D eigenvalue weighted by Gasteiger charge is 2.29. The molecule has 0 aromatic rings. The molecule has 6 heteroatoms. The van der Waals surface area contributed by atoms with Crippen LogP contribution in [0.15, 0.2) is 0 Å². The van der Waals surface area contributed by atoms with Gasteiger partial charge < -0.3 is 5.73 Å². The van der Waals surface area contributed by atoms with Gasteiger partial charge in [-0.1, -0.05) is 0 Å². The van der Waals surface area contributed by atoms with Crippen molar-refractivity contribution in [2.75, 3.05) is 20.1 Å². The lowest BCUT2D eigenvalue weighted by molar-refractivity contribution is 0.306. The van der Waals surface area contributed by atoms with E-state index >= 15 is 0 Å². The molecule has 0 unspecified atom stereocenters. The average Bonchev–Trinajstić information content (AvgIpc) is 2.11.